The average Bonchev–Trinajstić information content (AvgIpc) is 2.33. The van der Waals surface area contributed by atoms with Crippen molar-refractivity contribution in [1.29, 1.82) is 0 Å². The molecule has 0 aliphatic rings. The molecule has 5 heteroatoms. The van der Waals surface area contributed by atoms with Gasteiger partial charge in [0.15, 0.2) is 0 Å². The second-order valence-corrected chi connectivity index (χ2v) is 3.68. The summed E-state index contributed by atoms with van der Waals surface area (Å²) in [4.78, 5) is 16.9. The van der Waals surface area contributed by atoms with E-state index < -0.39 is 5.69 Å². The number of H-pyrrole nitrogens is 1. The Balaban J connectivity index is 1.92. The second kappa shape index (κ2) is 5.16. The molecule has 0 saturated heterocycles. The first-order chi connectivity index (χ1) is 8.25. The van der Waals surface area contributed by atoms with Crippen molar-refractivity contribution in [1.82, 2.24) is 9.97 Å². The van der Waals surface area contributed by atoms with Gasteiger partial charge in [-0.05, 0) is 12.0 Å². The van der Waals surface area contributed by atoms with E-state index in [1.807, 2.05) is 18.2 Å². The van der Waals surface area contributed by atoms with E-state index in [0.717, 1.165) is 13.0 Å². The van der Waals surface area contributed by atoms with Gasteiger partial charge in [0.25, 0.3) is 0 Å². The summed E-state index contributed by atoms with van der Waals surface area (Å²) in [6.07, 6.45) is 2.33. The Bertz CT molecular complexity index is 536. The van der Waals surface area contributed by atoms with Crippen LogP contribution in [0.2, 0.25) is 0 Å². The minimum atomic E-state index is -0.434. The average molecular weight is 230 g/mol. The first kappa shape index (κ1) is 11.2. The summed E-state index contributed by atoms with van der Waals surface area (Å²) in [7, 11) is 0. The van der Waals surface area contributed by atoms with E-state index in [0.29, 0.717) is 11.5 Å². The molecule has 0 amide bonds. The first-order valence-electron chi connectivity index (χ1n) is 5.38. The lowest BCUT2D eigenvalue weighted by molar-refractivity contribution is 1.00. The maximum Gasteiger partial charge on any atom is 0.346 e. The van der Waals surface area contributed by atoms with Gasteiger partial charge in [0.2, 0.25) is 0 Å². The van der Waals surface area contributed by atoms with Crippen molar-refractivity contribution in [2.24, 2.45) is 0 Å². The summed E-state index contributed by atoms with van der Waals surface area (Å²) in [5, 5.41) is 3.13. The second-order valence-electron chi connectivity index (χ2n) is 3.68. The molecule has 1 aromatic heterocycles. The molecule has 1 aromatic carbocycles. The maximum atomic E-state index is 10.9. The van der Waals surface area contributed by atoms with E-state index >= 15 is 0 Å². The zero-order valence-electron chi connectivity index (χ0n) is 9.31. The molecular weight excluding hydrogens is 216 g/mol. The molecule has 88 valence electrons. The van der Waals surface area contributed by atoms with Crippen LogP contribution < -0.4 is 16.7 Å². The van der Waals surface area contributed by atoms with E-state index in [-0.39, 0.29) is 0 Å². The van der Waals surface area contributed by atoms with E-state index in [1.165, 1.54) is 11.8 Å². The van der Waals surface area contributed by atoms with E-state index in [4.69, 9.17) is 5.73 Å². The van der Waals surface area contributed by atoms with Crippen molar-refractivity contribution in [2.75, 3.05) is 17.6 Å². The highest BCUT2D eigenvalue weighted by atomic mass is 16.1. The van der Waals surface area contributed by atoms with Crippen molar-refractivity contribution in [3.8, 4) is 0 Å². The number of hydrogen-bond donors (Lipinski definition) is 3. The molecule has 2 rings (SSSR count). The van der Waals surface area contributed by atoms with Gasteiger partial charge in [0.05, 0.1) is 11.9 Å². The third kappa shape index (κ3) is 3.07. The molecule has 0 fully saturated rings. The normalized spacial score (nSPS) is 10.1. The highest BCUT2D eigenvalue weighted by Gasteiger charge is 1.99. The molecule has 17 heavy (non-hydrogen) atoms. The van der Waals surface area contributed by atoms with Crippen LogP contribution in [0.1, 0.15) is 5.56 Å². The Morgan fingerprint density at radius 3 is 2.76 bits per heavy atom. The minimum absolute atomic E-state index is 0.318. The third-order valence-corrected chi connectivity index (χ3v) is 2.41. The highest BCUT2D eigenvalue weighted by Crippen LogP contribution is 2.10. The molecule has 0 spiro atoms. The number of anilines is 2. The molecule has 1 heterocycles. The van der Waals surface area contributed by atoms with Crippen LogP contribution in [-0.2, 0) is 6.42 Å². The first-order valence-corrected chi connectivity index (χ1v) is 5.38. The molecule has 0 unspecified atom stereocenters. The van der Waals surface area contributed by atoms with Gasteiger partial charge in [-0.15, -0.1) is 0 Å². The SMILES string of the molecule is Nc1[nH]c(=O)ncc1NCCc1ccccc1. The molecule has 2 aromatic rings. The quantitative estimate of drug-likeness (QED) is 0.731. The fourth-order valence-electron chi connectivity index (χ4n) is 1.53. The van der Waals surface area contributed by atoms with Gasteiger partial charge in [0, 0.05) is 6.54 Å². The molecule has 0 bridgehead atoms. The van der Waals surface area contributed by atoms with Crippen LogP contribution >= 0.6 is 0 Å². The van der Waals surface area contributed by atoms with Crippen LogP contribution in [0, 0.1) is 0 Å². The van der Waals surface area contributed by atoms with Crippen molar-refractivity contribution < 1.29 is 0 Å². The smallest absolute Gasteiger partial charge is 0.346 e. The monoisotopic (exact) mass is 230 g/mol. The summed E-state index contributed by atoms with van der Waals surface area (Å²) in [6, 6.07) is 10.1. The number of rotatable bonds is 4. The van der Waals surface area contributed by atoms with Gasteiger partial charge < -0.3 is 11.1 Å². The summed E-state index contributed by atoms with van der Waals surface area (Å²) >= 11 is 0. The Morgan fingerprint density at radius 1 is 1.29 bits per heavy atom. The van der Waals surface area contributed by atoms with E-state index in [9.17, 15) is 4.79 Å². The van der Waals surface area contributed by atoms with Gasteiger partial charge in [-0.25, -0.2) is 4.79 Å². The number of aromatic amines is 1. The van der Waals surface area contributed by atoms with Crippen LogP contribution in [0.3, 0.4) is 0 Å². The predicted molar refractivity (Wildman–Crippen MR) is 67.9 cm³/mol. The van der Waals surface area contributed by atoms with E-state index in [2.05, 4.69) is 27.4 Å². The summed E-state index contributed by atoms with van der Waals surface area (Å²) in [5.74, 6) is 0.318. The molecule has 4 N–H and O–H groups in total. The fourth-order valence-corrected chi connectivity index (χ4v) is 1.53. The number of nitrogens with zero attached hydrogens (tertiary/aromatic N) is 1. The molecule has 0 aliphatic heterocycles. The Kier molecular flexibility index (Phi) is 3.40. The van der Waals surface area contributed by atoms with Crippen LogP contribution in [0.5, 0.6) is 0 Å². The minimum Gasteiger partial charge on any atom is -0.383 e. The summed E-state index contributed by atoms with van der Waals surface area (Å²) in [6.45, 7) is 0.738. The maximum absolute atomic E-state index is 10.9. The largest absolute Gasteiger partial charge is 0.383 e. The standard InChI is InChI=1S/C12H14N4O/c13-11-10(8-15-12(17)16-11)14-7-6-9-4-2-1-3-5-9/h1-5,8,14H,6-7H2,(H3,13,15,16,17). The number of nitrogens with one attached hydrogen (secondary N) is 2. The molecule has 0 atom stereocenters. The Morgan fingerprint density at radius 2 is 2.06 bits per heavy atom. The van der Waals surface area contributed by atoms with Crippen LogP contribution in [0.4, 0.5) is 11.5 Å². The number of hydrogen-bond acceptors (Lipinski definition) is 4. The van der Waals surface area contributed by atoms with Gasteiger partial charge in [-0.3, -0.25) is 4.98 Å². The highest BCUT2D eigenvalue weighted by molar-refractivity contribution is 5.59. The summed E-state index contributed by atoms with van der Waals surface area (Å²) in [5.41, 5.74) is 7.11. The van der Waals surface area contributed by atoms with Gasteiger partial charge in [0.1, 0.15) is 5.82 Å². The van der Waals surface area contributed by atoms with Gasteiger partial charge in [-0.2, -0.15) is 4.98 Å². The molecular formula is C12H14N4O. The Hall–Kier alpha value is -2.30. The van der Waals surface area contributed by atoms with Crippen molar-refractivity contribution in [2.45, 2.75) is 6.42 Å². The number of aromatic nitrogens is 2. The van der Waals surface area contributed by atoms with Gasteiger partial charge >= 0.3 is 5.69 Å². The zero-order valence-corrected chi connectivity index (χ0v) is 9.31. The fraction of sp³-hybridized carbons (Fsp3) is 0.167. The van der Waals surface area contributed by atoms with Crippen LogP contribution in [0.15, 0.2) is 41.3 Å². The Labute approximate surface area is 98.7 Å². The molecule has 0 saturated carbocycles. The van der Waals surface area contributed by atoms with Gasteiger partial charge in [-0.1, -0.05) is 30.3 Å². The number of nitrogens with two attached hydrogens (primary N) is 1. The number of benzene rings is 1. The third-order valence-electron chi connectivity index (χ3n) is 2.41. The van der Waals surface area contributed by atoms with Crippen molar-refractivity contribution >= 4 is 11.5 Å². The topological polar surface area (TPSA) is 83.8 Å². The van der Waals surface area contributed by atoms with Crippen molar-refractivity contribution in [3.63, 3.8) is 0 Å². The lowest BCUT2D eigenvalue weighted by atomic mass is 10.1. The van der Waals surface area contributed by atoms with Crippen LogP contribution in [-0.4, -0.2) is 16.5 Å². The molecule has 5 nitrogen and oxygen atoms in total. The lowest BCUT2D eigenvalue weighted by Crippen LogP contribution is -2.15. The van der Waals surface area contributed by atoms with Crippen molar-refractivity contribution in [3.05, 3.63) is 52.6 Å². The summed E-state index contributed by atoms with van der Waals surface area (Å²) < 4.78 is 0. The molecule has 0 aliphatic carbocycles. The number of nitrogen functional groups attached to an aromatic ring is 1. The molecule has 0 radical (unpaired) electrons. The predicted octanol–water partition coefficient (Wildman–Crippen LogP) is 1.01. The lowest BCUT2D eigenvalue weighted by Gasteiger charge is -2.07. The zero-order chi connectivity index (χ0) is 12.1. The van der Waals surface area contributed by atoms with E-state index in [1.54, 1.807) is 0 Å². The van der Waals surface area contributed by atoms with Crippen LogP contribution in [0.25, 0.3) is 0 Å².